The van der Waals surface area contributed by atoms with E-state index in [4.69, 9.17) is 10.5 Å². The lowest BCUT2D eigenvalue weighted by Gasteiger charge is -2.35. The molecule has 1 amide bonds. The smallest absolute Gasteiger partial charge is 0.341 e. The Morgan fingerprint density at radius 3 is 2.90 bits per heavy atom. The Morgan fingerprint density at radius 1 is 1.37 bits per heavy atom. The number of likely N-dealkylation sites (tertiary alicyclic amines) is 1. The third-order valence-electron chi connectivity index (χ3n) is 4.87. The number of aromatic nitrogens is 2. The first-order valence-corrected chi connectivity index (χ1v) is 10.9. The molecule has 0 spiro atoms. The lowest BCUT2D eigenvalue weighted by Crippen LogP contribution is -2.47. The van der Waals surface area contributed by atoms with E-state index in [9.17, 15) is 13.2 Å². The van der Waals surface area contributed by atoms with E-state index in [0.717, 1.165) is 19.3 Å². The van der Waals surface area contributed by atoms with Crippen LogP contribution >= 0.6 is 0 Å². The minimum Gasteiger partial charge on any atom is -0.491 e. The van der Waals surface area contributed by atoms with E-state index in [0.29, 0.717) is 23.6 Å². The van der Waals surface area contributed by atoms with E-state index in [-0.39, 0.29) is 30.8 Å². The molecule has 10 nitrogen and oxygen atoms in total. The van der Waals surface area contributed by atoms with Crippen LogP contribution in [0.4, 0.5) is 5.69 Å². The van der Waals surface area contributed by atoms with E-state index in [1.807, 2.05) is 0 Å². The van der Waals surface area contributed by atoms with E-state index in [2.05, 4.69) is 25.8 Å². The number of carbonyl (C=O) groups is 1. The fourth-order valence-corrected chi connectivity index (χ4v) is 3.90. The minimum atomic E-state index is -3.92. The fourth-order valence-electron chi connectivity index (χ4n) is 3.37. The topological polar surface area (TPSA) is 140 Å². The first-order chi connectivity index (χ1) is 14.4. The second-order valence-corrected chi connectivity index (χ2v) is 8.16. The molecule has 0 radical (unpaired) electrons. The highest BCUT2D eigenvalue weighted by atomic mass is 32.2. The van der Waals surface area contributed by atoms with Gasteiger partial charge in [0.1, 0.15) is 24.4 Å². The first-order valence-electron chi connectivity index (χ1n) is 9.47. The van der Waals surface area contributed by atoms with Crippen molar-refractivity contribution in [1.29, 1.82) is 0 Å². The number of hydrogen-bond donors (Lipinski definition) is 2. The summed E-state index contributed by atoms with van der Waals surface area (Å²) in [5.74, 6) is 0.282. The van der Waals surface area contributed by atoms with Gasteiger partial charge in [-0.25, -0.2) is 9.97 Å². The van der Waals surface area contributed by atoms with Crippen molar-refractivity contribution >= 4 is 28.5 Å². The highest BCUT2D eigenvalue weighted by molar-refractivity contribution is 7.91. The van der Waals surface area contributed by atoms with E-state index in [1.54, 1.807) is 29.2 Å². The monoisotopic (exact) mass is 432 g/mol. The zero-order chi connectivity index (χ0) is 21.6. The summed E-state index contributed by atoms with van der Waals surface area (Å²) in [6.07, 6.45) is 5.57. The Morgan fingerprint density at radius 2 is 2.20 bits per heavy atom. The van der Waals surface area contributed by atoms with Crippen molar-refractivity contribution in [2.75, 3.05) is 17.9 Å². The van der Waals surface area contributed by atoms with Crippen LogP contribution in [0.25, 0.3) is 0 Å². The van der Waals surface area contributed by atoms with Gasteiger partial charge in [-0.05, 0) is 37.5 Å². The number of nitrogens with zero attached hydrogens (tertiary/aromatic N) is 4. The van der Waals surface area contributed by atoms with Crippen molar-refractivity contribution in [2.24, 2.45) is 10.1 Å². The Balaban J connectivity index is 1.76. The number of rotatable bonds is 8. The molecule has 1 unspecified atom stereocenters. The zero-order valence-electron chi connectivity index (χ0n) is 16.4. The van der Waals surface area contributed by atoms with Gasteiger partial charge < -0.3 is 15.4 Å². The molecule has 1 atom stereocenters. The highest BCUT2D eigenvalue weighted by Gasteiger charge is 2.29. The van der Waals surface area contributed by atoms with Crippen LogP contribution in [0, 0.1) is 0 Å². The van der Waals surface area contributed by atoms with Crippen LogP contribution < -0.4 is 15.2 Å². The van der Waals surface area contributed by atoms with Crippen molar-refractivity contribution in [3.05, 3.63) is 48.0 Å². The molecule has 1 aliphatic heterocycles. The molecule has 0 bridgehead atoms. The number of anilines is 1. The van der Waals surface area contributed by atoms with Gasteiger partial charge in [-0.2, -0.15) is 12.8 Å². The average molecular weight is 433 g/mol. The molecule has 1 aromatic carbocycles. The summed E-state index contributed by atoms with van der Waals surface area (Å²) in [5, 5.41) is 0. The van der Waals surface area contributed by atoms with Gasteiger partial charge >= 0.3 is 10.2 Å². The highest BCUT2D eigenvalue weighted by Crippen LogP contribution is 2.28. The molecule has 2 aromatic rings. The van der Waals surface area contributed by atoms with E-state index >= 15 is 0 Å². The van der Waals surface area contributed by atoms with Gasteiger partial charge in [0.2, 0.25) is 0 Å². The molecule has 160 valence electrons. The molecule has 1 aromatic heterocycles. The molecule has 1 fully saturated rings. The fraction of sp³-hybridized carbons (Fsp3) is 0.368. The number of amides is 1. The largest absolute Gasteiger partial charge is 0.491 e. The van der Waals surface area contributed by atoms with Crippen LogP contribution in [-0.4, -0.2) is 55.1 Å². The molecule has 1 aliphatic rings. The standard InChI is InChI=1S/C19H24N6O4S/c1-21-30(27,28)24-16-6-4-7-18(15(16)11-20)29-12-14-5-2-3-10-25(14)19(26)17-8-9-22-13-23-17/h4,6-9,13-14,24H,1-3,5,10-12,20H2. The second-order valence-electron chi connectivity index (χ2n) is 6.75. The van der Waals surface area contributed by atoms with Crippen LogP contribution in [0.3, 0.4) is 0 Å². The summed E-state index contributed by atoms with van der Waals surface area (Å²) < 4.78 is 34.8. The first kappa shape index (κ1) is 21.7. The maximum Gasteiger partial charge on any atom is 0.341 e. The summed E-state index contributed by atoms with van der Waals surface area (Å²) in [5.41, 5.74) is 6.95. The second kappa shape index (κ2) is 9.63. The molecule has 30 heavy (non-hydrogen) atoms. The molecule has 2 heterocycles. The van der Waals surface area contributed by atoms with Crippen molar-refractivity contribution in [2.45, 2.75) is 31.8 Å². The Bertz CT molecular complexity index is 999. The zero-order valence-corrected chi connectivity index (χ0v) is 17.2. The lowest BCUT2D eigenvalue weighted by atomic mass is 10.0. The van der Waals surface area contributed by atoms with Crippen molar-refractivity contribution < 1.29 is 17.9 Å². The molecule has 11 heteroatoms. The predicted molar refractivity (Wildman–Crippen MR) is 113 cm³/mol. The van der Waals surface area contributed by atoms with Gasteiger partial charge in [-0.1, -0.05) is 6.07 Å². The molecular weight excluding hydrogens is 408 g/mol. The number of benzene rings is 1. The molecule has 1 saturated heterocycles. The SMILES string of the molecule is C=NS(=O)(=O)Nc1cccc(OCC2CCCCN2C(=O)c2ccncn2)c1CN. The maximum atomic E-state index is 12.9. The van der Waals surface area contributed by atoms with E-state index < -0.39 is 10.2 Å². The van der Waals surface area contributed by atoms with Crippen molar-refractivity contribution in [3.8, 4) is 5.75 Å². The number of nitrogens with two attached hydrogens (primary N) is 1. The maximum absolute atomic E-state index is 12.9. The molecule has 3 N–H and O–H groups in total. The number of nitrogens with one attached hydrogen (secondary N) is 1. The Kier molecular flexibility index (Phi) is 6.95. The van der Waals surface area contributed by atoms with Gasteiger partial charge in [0, 0.05) is 31.6 Å². The van der Waals surface area contributed by atoms with Gasteiger partial charge in [0.15, 0.2) is 0 Å². The van der Waals surface area contributed by atoms with Crippen LogP contribution in [0.2, 0.25) is 0 Å². The third kappa shape index (κ3) is 5.10. The molecular formula is C19H24N6O4S. The number of ether oxygens (including phenoxy) is 1. The van der Waals surface area contributed by atoms with Gasteiger partial charge in [-0.15, -0.1) is 0 Å². The van der Waals surface area contributed by atoms with Gasteiger partial charge in [0.05, 0.1) is 11.7 Å². The van der Waals surface area contributed by atoms with Crippen molar-refractivity contribution in [1.82, 2.24) is 14.9 Å². The van der Waals surface area contributed by atoms with Crippen LogP contribution in [0.15, 0.2) is 41.2 Å². The summed E-state index contributed by atoms with van der Waals surface area (Å²) in [4.78, 5) is 22.5. The predicted octanol–water partition coefficient (Wildman–Crippen LogP) is 1.37. The van der Waals surface area contributed by atoms with Crippen molar-refractivity contribution in [3.63, 3.8) is 0 Å². The molecule has 0 aliphatic carbocycles. The summed E-state index contributed by atoms with van der Waals surface area (Å²) in [7, 11) is -3.92. The van der Waals surface area contributed by atoms with Crippen LogP contribution in [-0.2, 0) is 16.8 Å². The molecule has 3 rings (SSSR count). The minimum absolute atomic E-state index is 0.0550. The third-order valence-corrected chi connectivity index (χ3v) is 5.68. The summed E-state index contributed by atoms with van der Waals surface area (Å²) >= 11 is 0. The van der Waals surface area contributed by atoms with Crippen LogP contribution in [0.1, 0.15) is 35.3 Å². The number of hydrogen-bond acceptors (Lipinski definition) is 7. The van der Waals surface area contributed by atoms with Gasteiger partial charge in [0.25, 0.3) is 5.91 Å². The number of carbonyl (C=O) groups excluding carboxylic acids is 1. The van der Waals surface area contributed by atoms with Crippen LogP contribution in [0.5, 0.6) is 5.75 Å². The molecule has 0 saturated carbocycles. The lowest BCUT2D eigenvalue weighted by molar-refractivity contribution is 0.0521. The number of piperidine rings is 1. The van der Waals surface area contributed by atoms with Gasteiger partial charge in [-0.3, -0.25) is 9.52 Å². The normalized spacial score (nSPS) is 16.7. The summed E-state index contributed by atoms with van der Waals surface area (Å²) in [6, 6.07) is 6.39. The Labute approximate surface area is 175 Å². The Hall–Kier alpha value is -3.05. The average Bonchev–Trinajstić information content (AvgIpc) is 2.78. The summed E-state index contributed by atoms with van der Waals surface area (Å²) in [6.45, 7) is 3.97. The quantitative estimate of drug-likeness (QED) is 0.600. The van der Waals surface area contributed by atoms with E-state index in [1.165, 1.54) is 12.5 Å².